The fourth-order valence-corrected chi connectivity index (χ4v) is 3.88. The Morgan fingerprint density at radius 2 is 1.83 bits per heavy atom. The van der Waals surface area contributed by atoms with Crippen LogP contribution in [-0.4, -0.2) is 80.3 Å². The van der Waals surface area contributed by atoms with Crippen LogP contribution in [0.1, 0.15) is 31.9 Å². The number of hydrogen-bond acceptors (Lipinski definition) is 4. The van der Waals surface area contributed by atoms with E-state index in [0.717, 1.165) is 78.0 Å². The molecule has 164 valence electrons. The average Bonchev–Trinajstić information content (AvgIpc) is 2.72. The summed E-state index contributed by atoms with van der Waals surface area (Å²) in [6, 6.07) is 8.82. The normalized spacial score (nSPS) is 18.7. The van der Waals surface area contributed by atoms with E-state index in [1.165, 1.54) is 11.1 Å². The van der Waals surface area contributed by atoms with Crippen molar-refractivity contribution in [2.75, 3.05) is 59.0 Å². The molecule has 0 unspecified atom stereocenters. The molecule has 6 nitrogen and oxygen atoms in total. The molecule has 0 bridgehead atoms. The van der Waals surface area contributed by atoms with Crippen molar-refractivity contribution < 1.29 is 4.74 Å². The van der Waals surface area contributed by atoms with Gasteiger partial charge in [-0.3, -0.25) is 14.8 Å². The lowest BCUT2D eigenvalue weighted by atomic mass is 9.94. The lowest BCUT2D eigenvalue weighted by molar-refractivity contribution is 0.0389. The van der Waals surface area contributed by atoms with Gasteiger partial charge in [-0.25, -0.2) is 0 Å². The van der Waals surface area contributed by atoms with E-state index in [0.29, 0.717) is 0 Å². The number of aliphatic imine (C=N–C) groups is 1. The van der Waals surface area contributed by atoms with Crippen molar-refractivity contribution in [3.8, 4) is 0 Å². The monoisotopic (exact) mass is 515 g/mol. The van der Waals surface area contributed by atoms with E-state index in [1.54, 1.807) is 0 Å². The van der Waals surface area contributed by atoms with Crippen molar-refractivity contribution >= 4 is 29.9 Å². The van der Waals surface area contributed by atoms with Crippen LogP contribution in [-0.2, 0) is 17.7 Å². The van der Waals surface area contributed by atoms with Gasteiger partial charge in [-0.15, -0.1) is 24.0 Å². The number of nitrogens with zero attached hydrogens (tertiary/aromatic N) is 3. The third-order valence-electron chi connectivity index (χ3n) is 5.78. The van der Waals surface area contributed by atoms with Gasteiger partial charge >= 0.3 is 0 Å². The van der Waals surface area contributed by atoms with E-state index in [2.05, 4.69) is 65.5 Å². The minimum Gasteiger partial charge on any atom is -0.379 e. The minimum atomic E-state index is 0. The van der Waals surface area contributed by atoms with Crippen LogP contribution in [0.4, 0.5) is 0 Å². The molecule has 0 atom stereocenters. The standard InChI is InChI=1S/C22H37N5O.HI/c1-4-23-21(24-10-12-26-13-15-28-16-14-26)25-18-22(2,3)27-11-9-19-7-5-6-8-20(19)17-27;/h5-8H,4,9-18H2,1-3H3,(H2,23,24,25);1H. The molecule has 1 aromatic carbocycles. The molecular weight excluding hydrogens is 477 g/mol. The van der Waals surface area contributed by atoms with E-state index >= 15 is 0 Å². The van der Waals surface area contributed by atoms with E-state index in [1.807, 2.05) is 0 Å². The van der Waals surface area contributed by atoms with Crippen molar-refractivity contribution in [3.63, 3.8) is 0 Å². The summed E-state index contributed by atoms with van der Waals surface area (Å²) in [4.78, 5) is 9.91. The lowest BCUT2D eigenvalue weighted by Crippen LogP contribution is -2.50. The van der Waals surface area contributed by atoms with E-state index < -0.39 is 0 Å². The molecule has 0 aromatic heterocycles. The second-order valence-electron chi connectivity index (χ2n) is 8.33. The summed E-state index contributed by atoms with van der Waals surface area (Å²) in [5, 5.41) is 6.89. The second-order valence-corrected chi connectivity index (χ2v) is 8.33. The molecule has 1 saturated heterocycles. The number of halogens is 1. The lowest BCUT2D eigenvalue weighted by Gasteiger charge is -2.40. The zero-order chi connectivity index (χ0) is 19.8. The predicted molar refractivity (Wildman–Crippen MR) is 131 cm³/mol. The van der Waals surface area contributed by atoms with E-state index in [-0.39, 0.29) is 29.5 Å². The fraction of sp³-hybridized carbons (Fsp3) is 0.682. The van der Waals surface area contributed by atoms with Gasteiger partial charge < -0.3 is 15.4 Å². The number of morpholine rings is 1. The first kappa shape index (κ1) is 24.4. The summed E-state index contributed by atoms with van der Waals surface area (Å²) in [5.41, 5.74) is 2.98. The summed E-state index contributed by atoms with van der Waals surface area (Å²) < 4.78 is 5.42. The number of nitrogens with one attached hydrogen (secondary N) is 2. The first-order valence-corrected chi connectivity index (χ1v) is 10.7. The molecule has 1 fully saturated rings. The Morgan fingerprint density at radius 1 is 1.10 bits per heavy atom. The molecule has 2 N–H and O–H groups in total. The SMILES string of the molecule is CCNC(=NCC(C)(C)N1CCc2ccccc2C1)NCCN1CCOCC1.I. The average molecular weight is 515 g/mol. The van der Waals surface area contributed by atoms with Gasteiger partial charge in [0.1, 0.15) is 0 Å². The van der Waals surface area contributed by atoms with Gasteiger partial charge in [0, 0.05) is 51.4 Å². The third kappa shape index (κ3) is 7.38. The smallest absolute Gasteiger partial charge is 0.191 e. The molecule has 0 radical (unpaired) electrons. The largest absolute Gasteiger partial charge is 0.379 e. The van der Waals surface area contributed by atoms with Crippen LogP contribution in [0.15, 0.2) is 29.3 Å². The maximum Gasteiger partial charge on any atom is 0.191 e. The molecule has 0 amide bonds. The number of guanidine groups is 1. The van der Waals surface area contributed by atoms with Crippen LogP contribution in [0.5, 0.6) is 0 Å². The maximum absolute atomic E-state index is 5.42. The Kier molecular flexibility index (Phi) is 10.1. The molecule has 2 heterocycles. The van der Waals surface area contributed by atoms with Crippen LogP contribution in [0.3, 0.4) is 0 Å². The minimum absolute atomic E-state index is 0. The first-order valence-electron chi connectivity index (χ1n) is 10.7. The number of benzene rings is 1. The van der Waals surface area contributed by atoms with Crippen molar-refractivity contribution in [1.29, 1.82) is 0 Å². The molecule has 2 aliphatic rings. The van der Waals surface area contributed by atoms with Crippen LogP contribution in [0.2, 0.25) is 0 Å². The quantitative estimate of drug-likeness (QED) is 0.332. The topological polar surface area (TPSA) is 52.1 Å². The third-order valence-corrected chi connectivity index (χ3v) is 5.78. The number of fused-ring (bicyclic) bond motifs is 1. The molecule has 0 aliphatic carbocycles. The van der Waals surface area contributed by atoms with Gasteiger partial charge in [0.05, 0.1) is 19.8 Å². The second kappa shape index (κ2) is 12.1. The number of ether oxygens (including phenoxy) is 1. The molecule has 0 saturated carbocycles. The molecule has 1 aromatic rings. The van der Waals surface area contributed by atoms with Gasteiger partial charge in [-0.05, 0) is 38.3 Å². The van der Waals surface area contributed by atoms with Crippen LogP contribution in [0.25, 0.3) is 0 Å². The molecule has 2 aliphatic heterocycles. The summed E-state index contributed by atoms with van der Waals surface area (Å²) in [6.45, 7) is 16.2. The number of rotatable bonds is 7. The van der Waals surface area contributed by atoms with Gasteiger partial charge in [0.2, 0.25) is 0 Å². The maximum atomic E-state index is 5.42. The first-order chi connectivity index (χ1) is 13.6. The van der Waals surface area contributed by atoms with Crippen molar-refractivity contribution in [1.82, 2.24) is 20.4 Å². The van der Waals surface area contributed by atoms with Gasteiger partial charge in [0.25, 0.3) is 0 Å². The highest BCUT2D eigenvalue weighted by atomic mass is 127. The molecule has 7 heteroatoms. The van der Waals surface area contributed by atoms with Crippen LogP contribution >= 0.6 is 24.0 Å². The van der Waals surface area contributed by atoms with Crippen molar-refractivity contribution in [2.45, 2.75) is 39.3 Å². The van der Waals surface area contributed by atoms with Gasteiger partial charge in [-0.2, -0.15) is 0 Å². The highest BCUT2D eigenvalue weighted by molar-refractivity contribution is 14.0. The summed E-state index contributed by atoms with van der Waals surface area (Å²) in [7, 11) is 0. The highest BCUT2D eigenvalue weighted by Crippen LogP contribution is 2.25. The van der Waals surface area contributed by atoms with Crippen LogP contribution < -0.4 is 10.6 Å². The Morgan fingerprint density at radius 3 is 2.55 bits per heavy atom. The molecule has 3 rings (SSSR count). The fourth-order valence-electron chi connectivity index (χ4n) is 3.88. The Labute approximate surface area is 193 Å². The Balaban J connectivity index is 0.00000300. The molecule has 0 spiro atoms. The molecule has 29 heavy (non-hydrogen) atoms. The van der Waals surface area contributed by atoms with Gasteiger partial charge in [0.15, 0.2) is 5.96 Å². The summed E-state index contributed by atoms with van der Waals surface area (Å²) >= 11 is 0. The van der Waals surface area contributed by atoms with E-state index in [9.17, 15) is 0 Å². The number of hydrogen-bond donors (Lipinski definition) is 2. The van der Waals surface area contributed by atoms with Crippen LogP contribution in [0, 0.1) is 0 Å². The predicted octanol–water partition coefficient (Wildman–Crippen LogP) is 2.33. The van der Waals surface area contributed by atoms with Crippen molar-refractivity contribution in [3.05, 3.63) is 35.4 Å². The zero-order valence-corrected chi connectivity index (χ0v) is 20.6. The van der Waals surface area contributed by atoms with Gasteiger partial charge in [-0.1, -0.05) is 24.3 Å². The Bertz CT molecular complexity index is 646. The van der Waals surface area contributed by atoms with E-state index in [4.69, 9.17) is 9.73 Å². The Hall–Kier alpha value is -0.900. The summed E-state index contributed by atoms with van der Waals surface area (Å²) in [5.74, 6) is 0.918. The highest BCUT2D eigenvalue weighted by Gasteiger charge is 2.29. The summed E-state index contributed by atoms with van der Waals surface area (Å²) in [6.07, 6.45) is 1.13. The molecular formula is C22H38IN5O. The van der Waals surface area contributed by atoms with Crippen molar-refractivity contribution in [2.24, 2.45) is 4.99 Å². The zero-order valence-electron chi connectivity index (χ0n) is 18.2.